The predicted molar refractivity (Wildman–Crippen MR) is 134 cm³/mol. The SMILES string of the molecule is CCOC(=O)c1ccc2c(C3CCN(S(=O)(=O)c4ccc(OC(C)C)cc4)C3)cn(CC(=O)O)c2c1. The number of aliphatic carboxylic acids is 1. The molecule has 1 aliphatic heterocycles. The maximum atomic E-state index is 13.3. The highest BCUT2D eigenvalue weighted by atomic mass is 32.2. The average molecular weight is 515 g/mol. The Hall–Kier alpha value is -3.37. The normalized spacial score (nSPS) is 16.5. The van der Waals surface area contributed by atoms with E-state index < -0.39 is 22.0 Å². The third kappa shape index (κ3) is 5.24. The van der Waals surface area contributed by atoms with Gasteiger partial charge in [-0.3, -0.25) is 4.79 Å². The van der Waals surface area contributed by atoms with Gasteiger partial charge in [-0.05, 0) is 69.2 Å². The van der Waals surface area contributed by atoms with E-state index in [1.807, 2.05) is 13.8 Å². The van der Waals surface area contributed by atoms with Crippen molar-refractivity contribution in [1.29, 1.82) is 0 Å². The maximum Gasteiger partial charge on any atom is 0.338 e. The van der Waals surface area contributed by atoms with Gasteiger partial charge < -0.3 is 19.1 Å². The topological polar surface area (TPSA) is 115 Å². The highest BCUT2D eigenvalue weighted by Gasteiger charge is 2.34. The zero-order chi connectivity index (χ0) is 26.0. The zero-order valence-electron chi connectivity index (χ0n) is 20.5. The first kappa shape index (κ1) is 25.7. The summed E-state index contributed by atoms with van der Waals surface area (Å²) in [6.45, 7) is 6.11. The molecule has 2 aromatic carbocycles. The minimum Gasteiger partial charge on any atom is -0.491 e. The minimum atomic E-state index is -3.70. The van der Waals surface area contributed by atoms with Crippen LogP contribution in [0.1, 0.15) is 49.0 Å². The van der Waals surface area contributed by atoms with Crippen molar-refractivity contribution in [2.75, 3.05) is 19.7 Å². The Labute approximate surface area is 210 Å². The van der Waals surface area contributed by atoms with E-state index in [2.05, 4.69) is 0 Å². The minimum absolute atomic E-state index is 0.0107. The van der Waals surface area contributed by atoms with Gasteiger partial charge in [0.05, 0.1) is 23.2 Å². The fourth-order valence-corrected chi connectivity index (χ4v) is 6.08. The van der Waals surface area contributed by atoms with Crippen molar-refractivity contribution in [3.8, 4) is 5.75 Å². The number of fused-ring (bicyclic) bond motifs is 1. The van der Waals surface area contributed by atoms with Crippen molar-refractivity contribution in [1.82, 2.24) is 8.87 Å². The molecule has 192 valence electrons. The first-order valence-corrected chi connectivity index (χ1v) is 13.3. The van der Waals surface area contributed by atoms with Crippen LogP contribution in [-0.4, -0.2) is 60.1 Å². The van der Waals surface area contributed by atoms with Crippen LogP contribution in [0.3, 0.4) is 0 Å². The van der Waals surface area contributed by atoms with Crippen LogP contribution in [0.5, 0.6) is 5.75 Å². The Kier molecular flexibility index (Phi) is 7.37. The molecule has 0 amide bonds. The summed E-state index contributed by atoms with van der Waals surface area (Å²) < 4.78 is 40.3. The molecule has 2 heterocycles. The molecule has 1 unspecified atom stereocenters. The maximum absolute atomic E-state index is 13.3. The average Bonchev–Trinajstić information content (AvgIpc) is 3.44. The molecular formula is C26H30N2O7S. The quantitative estimate of drug-likeness (QED) is 0.431. The molecule has 0 aliphatic carbocycles. The second-order valence-electron chi connectivity index (χ2n) is 9.05. The monoisotopic (exact) mass is 514 g/mol. The van der Waals surface area contributed by atoms with Gasteiger partial charge in [0, 0.05) is 36.1 Å². The van der Waals surface area contributed by atoms with E-state index in [1.54, 1.807) is 60.2 Å². The molecule has 1 atom stereocenters. The number of aromatic nitrogens is 1. The molecule has 1 N–H and O–H groups in total. The van der Waals surface area contributed by atoms with Crippen molar-refractivity contribution < 1.29 is 32.6 Å². The van der Waals surface area contributed by atoms with Crippen LogP contribution >= 0.6 is 0 Å². The van der Waals surface area contributed by atoms with Crippen molar-refractivity contribution >= 4 is 32.9 Å². The lowest BCUT2D eigenvalue weighted by molar-refractivity contribution is -0.137. The Balaban J connectivity index is 1.61. The molecule has 36 heavy (non-hydrogen) atoms. The number of carbonyl (C=O) groups excluding carboxylic acids is 1. The number of carboxylic acid groups (broad SMARTS) is 1. The number of hydrogen-bond donors (Lipinski definition) is 1. The summed E-state index contributed by atoms with van der Waals surface area (Å²) in [6, 6.07) is 11.5. The molecule has 9 nitrogen and oxygen atoms in total. The second-order valence-corrected chi connectivity index (χ2v) is 11.0. The van der Waals surface area contributed by atoms with Gasteiger partial charge in [-0.25, -0.2) is 13.2 Å². The summed E-state index contributed by atoms with van der Waals surface area (Å²) >= 11 is 0. The van der Waals surface area contributed by atoms with Crippen LogP contribution in [0.2, 0.25) is 0 Å². The highest BCUT2D eigenvalue weighted by molar-refractivity contribution is 7.89. The fraction of sp³-hybridized carbons (Fsp3) is 0.385. The van der Waals surface area contributed by atoms with E-state index in [0.717, 1.165) is 10.9 Å². The van der Waals surface area contributed by atoms with Crippen molar-refractivity contribution in [3.63, 3.8) is 0 Å². The molecule has 0 bridgehead atoms. The third-order valence-electron chi connectivity index (χ3n) is 6.15. The molecule has 0 saturated carbocycles. The number of sulfonamides is 1. The summed E-state index contributed by atoms with van der Waals surface area (Å²) in [5.74, 6) is -1.00. The molecule has 10 heteroatoms. The molecule has 3 aromatic rings. The number of nitrogens with zero attached hydrogens (tertiary/aromatic N) is 2. The van der Waals surface area contributed by atoms with Crippen LogP contribution in [0.25, 0.3) is 10.9 Å². The van der Waals surface area contributed by atoms with E-state index in [0.29, 0.717) is 29.8 Å². The molecule has 1 fully saturated rings. The summed E-state index contributed by atoms with van der Waals surface area (Å²) in [4.78, 5) is 23.9. The highest BCUT2D eigenvalue weighted by Crippen LogP contribution is 2.36. The van der Waals surface area contributed by atoms with Crippen LogP contribution in [0, 0.1) is 0 Å². The van der Waals surface area contributed by atoms with Crippen molar-refractivity contribution in [3.05, 3.63) is 59.8 Å². The van der Waals surface area contributed by atoms with Gasteiger partial charge in [0.15, 0.2) is 0 Å². The smallest absolute Gasteiger partial charge is 0.338 e. The lowest BCUT2D eigenvalue weighted by Gasteiger charge is -2.17. The number of esters is 1. The summed E-state index contributed by atoms with van der Waals surface area (Å²) in [5, 5.41) is 10.2. The summed E-state index contributed by atoms with van der Waals surface area (Å²) in [6.07, 6.45) is 2.34. The number of hydrogen-bond acceptors (Lipinski definition) is 6. The van der Waals surface area contributed by atoms with E-state index >= 15 is 0 Å². The van der Waals surface area contributed by atoms with Gasteiger partial charge in [-0.15, -0.1) is 0 Å². The third-order valence-corrected chi connectivity index (χ3v) is 8.03. The Bertz CT molecular complexity index is 1380. The fourth-order valence-electron chi connectivity index (χ4n) is 4.58. The van der Waals surface area contributed by atoms with Gasteiger partial charge in [-0.2, -0.15) is 4.31 Å². The lowest BCUT2D eigenvalue weighted by atomic mass is 9.97. The Morgan fingerprint density at radius 2 is 1.86 bits per heavy atom. The number of rotatable bonds is 9. The van der Waals surface area contributed by atoms with Crippen LogP contribution < -0.4 is 4.74 Å². The van der Waals surface area contributed by atoms with Crippen molar-refractivity contribution in [2.24, 2.45) is 0 Å². The first-order valence-electron chi connectivity index (χ1n) is 11.9. The molecule has 4 rings (SSSR count). The zero-order valence-corrected chi connectivity index (χ0v) is 21.3. The van der Waals surface area contributed by atoms with Gasteiger partial charge >= 0.3 is 11.9 Å². The molecule has 0 spiro atoms. The molecule has 1 aromatic heterocycles. The van der Waals surface area contributed by atoms with Gasteiger partial charge in [0.2, 0.25) is 10.0 Å². The van der Waals surface area contributed by atoms with Gasteiger partial charge in [-0.1, -0.05) is 6.07 Å². The molecular weight excluding hydrogens is 484 g/mol. The largest absolute Gasteiger partial charge is 0.491 e. The van der Waals surface area contributed by atoms with E-state index in [-0.39, 0.29) is 36.6 Å². The van der Waals surface area contributed by atoms with Gasteiger partial charge in [0.1, 0.15) is 12.3 Å². The standard InChI is InChI=1S/C26H30N2O7S/c1-4-34-26(31)18-5-10-22-23(15-27(16-25(29)30)24(22)13-18)19-11-12-28(14-19)36(32,33)21-8-6-20(7-9-21)35-17(2)3/h5-10,13,15,17,19H,4,11-12,14,16H2,1-3H3,(H,29,30). The summed E-state index contributed by atoms with van der Waals surface area (Å²) in [7, 11) is -3.70. The number of benzene rings is 2. The first-order chi connectivity index (χ1) is 17.1. The predicted octanol–water partition coefficient (Wildman–Crippen LogP) is 3.87. The van der Waals surface area contributed by atoms with Crippen LogP contribution in [0.4, 0.5) is 0 Å². The van der Waals surface area contributed by atoms with Crippen LogP contribution in [-0.2, 0) is 26.1 Å². The molecule has 1 aliphatic rings. The summed E-state index contributed by atoms with van der Waals surface area (Å²) in [5.41, 5.74) is 1.79. The number of carboxylic acids is 1. The second kappa shape index (κ2) is 10.3. The number of ether oxygens (including phenoxy) is 2. The Morgan fingerprint density at radius 1 is 1.14 bits per heavy atom. The lowest BCUT2D eigenvalue weighted by Crippen LogP contribution is -2.28. The molecule has 1 saturated heterocycles. The van der Waals surface area contributed by atoms with E-state index in [1.165, 1.54) is 4.31 Å². The van der Waals surface area contributed by atoms with E-state index in [4.69, 9.17) is 9.47 Å². The molecule has 0 radical (unpaired) electrons. The van der Waals surface area contributed by atoms with Crippen molar-refractivity contribution in [2.45, 2.75) is 50.7 Å². The van der Waals surface area contributed by atoms with Gasteiger partial charge in [0.25, 0.3) is 0 Å². The Morgan fingerprint density at radius 3 is 2.50 bits per heavy atom. The van der Waals surface area contributed by atoms with E-state index in [9.17, 15) is 23.1 Å². The van der Waals surface area contributed by atoms with Crippen LogP contribution in [0.15, 0.2) is 53.6 Å². The number of carbonyl (C=O) groups is 2.